The summed E-state index contributed by atoms with van der Waals surface area (Å²) in [6.07, 6.45) is 1.48. The monoisotopic (exact) mass is 465 g/mol. The Morgan fingerprint density at radius 2 is 1.82 bits per heavy atom. The summed E-state index contributed by atoms with van der Waals surface area (Å²) in [4.78, 5) is 29.2. The van der Waals surface area contributed by atoms with Crippen molar-refractivity contribution in [2.45, 2.75) is 19.4 Å². The van der Waals surface area contributed by atoms with Crippen LogP contribution in [0.15, 0.2) is 65.5 Å². The molecule has 172 valence electrons. The van der Waals surface area contributed by atoms with Crippen LogP contribution < -0.4 is 20.7 Å². The molecule has 1 aromatic heterocycles. The van der Waals surface area contributed by atoms with Crippen LogP contribution in [0.25, 0.3) is 5.69 Å². The van der Waals surface area contributed by atoms with Crippen molar-refractivity contribution in [3.05, 3.63) is 81.6 Å². The van der Waals surface area contributed by atoms with E-state index in [-0.39, 0.29) is 17.4 Å². The van der Waals surface area contributed by atoms with E-state index in [0.29, 0.717) is 30.3 Å². The van der Waals surface area contributed by atoms with Gasteiger partial charge in [-0.3, -0.25) is 9.59 Å². The molecule has 0 radical (unpaired) electrons. The number of hydrogen-bond acceptors (Lipinski definition) is 5. The first-order valence-electron chi connectivity index (χ1n) is 11.1. The van der Waals surface area contributed by atoms with Gasteiger partial charge in [-0.05, 0) is 54.8 Å². The maximum Gasteiger partial charge on any atom is 0.271 e. The molecule has 1 N–H and O–H groups in total. The first-order chi connectivity index (χ1) is 15.9. The van der Waals surface area contributed by atoms with E-state index in [1.54, 1.807) is 30.3 Å². The Labute approximate surface area is 198 Å². The van der Waals surface area contributed by atoms with Crippen molar-refractivity contribution in [1.29, 1.82) is 0 Å². The normalized spacial score (nSPS) is 14.2. The molecule has 0 spiro atoms. The smallest absolute Gasteiger partial charge is 0.271 e. The second kappa shape index (κ2) is 10.1. The van der Waals surface area contributed by atoms with E-state index in [2.05, 4.69) is 27.4 Å². The predicted octanol–water partition coefficient (Wildman–Crippen LogP) is 3.48. The van der Waals surface area contributed by atoms with Crippen molar-refractivity contribution in [3.63, 3.8) is 0 Å². The zero-order valence-corrected chi connectivity index (χ0v) is 19.6. The summed E-state index contributed by atoms with van der Waals surface area (Å²) in [6, 6.07) is 18.5. The molecule has 2 aromatic carbocycles. The molecule has 1 saturated heterocycles. The van der Waals surface area contributed by atoms with Gasteiger partial charge in [-0.15, -0.1) is 5.10 Å². The average molecular weight is 466 g/mol. The van der Waals surface area contributed by atoms with Crippen LogP contribution in [0.1, 0.15) is 18.4 Å². The third-order valence-electron chi connectivity index (χ3n) is 5.95. The fraction of sp³-hybridized carbons (Fsp3) is 0.320. The highest BCUT2D eigenvalue weighted by atomic mass is 35.5. The quantitative estimate of drug-likeness (QED) is 0.603. The zero-order chi connectivity index (χ0) is 23.4. The highest BCUT2D eigenvalue weighted by Crippen LogP contribution is 2.22. The second-order valence-corrected chi connectivity index (χ2v) is 8.90. The van der Waals surface area contributed by atoms with Gasteiger partial charge in [0, 0.05) is 56.4 Å². The van der Waals surface area contributed by atoms with Crippen molar-refractivity contribution in [2.24, 2.45) is 5.92 Å². The second-order valence-electron chi connectivity index (χ2n) is 8.46. The summed E-state index contributed by atoms with van der Waals surface area (Å²) in [5, 5.41) is 8.16. The Hall–Kier alpha value is -3.32. The van der Waals surface area contributed by atoms with Gasteiger partial charge in [-0.2, -0.15) is 4.68 Å². The Kier molecular flexibility index (Phi) is 6.99. The van der Waals surface area contributed by atoms with E-state index >= 15 is 0 Å². The Balaban J connectivity index is 1.34. The molecule has 1 aliphatic rings. The number of piperidine rings is 1. The summed E-state index contributed by atoms with van der Waals surface area (Å²) in [7, 11) is 4.01. The molecule has 0 atom stereocenters. The van der Waals surface area contributed by atoms with Crippen LogP contribution in [-0.4, -0.2) is 42.9 Å². The molecular formula is C25H28ClN5O2. The number of carbonyl (C=O) groups is 1. The lowest BCUT2D eigenvalue weighted by Crippen LogP contribution is -2.41. The van der Waals surface area contributed by atoms with Gasteiger partial charge in [0.25, 0.3) is 5.56 Å². The van der Waals surface area contributed by atoms with Crippen molar-refractivity contribution in [1.82, 2.24) is 15.1 Å². The van der Waals surface area contributed by atoms with E-state index in [1.807, 2.05) is 31.1 Å². The summed E-state index contributed by atoms with van der Waals surface area (Å²) in [6.45, 7) is 1.94. The van der Waals surface area contributed by atoms with Crippen LogP contribution in [-0.2, 0) is 11.3 Å². The number of nitrogens with one attached hydrogen (secondary N) is 1. The first-order valence-corrected chi connectivity index (χ1v) is 11.4. The summed E-state index contributed by atoms with van der Waals surface area (Å²) >= 11 is 6.07. The van der Waals surface area contributed by atoms with Crippen LogP contribution in [0.4, 0.5) is 11.5 Å². The number of aromatic nitrogens is 2. The Morgan fingerprint density at radius 1 is 1.09 bits per heavy atom. The fourth-order valence-corrected chi connectivity index (χ4v) is 4.16. The summed E-state index contributed by atoms with van der Waals surface area (Å²) < 4.78 is 1.36. The van der Waals surface area contributed by atoms with E-state index in [9.17, 15) is 9.59 Å². The summed E-state index contributed by atoms with van der Waals surface area (Å²) in [5.74, 6) is 0.777. The zero-order valence-electron chi connectivity index (χ0n) is 18.9. The largest absolute Gasteiger partial charge is 0.378 e. The van der Waals surface area contributed by atoms with Crippen LogP contribution >= 0.6 is 11.6 Å². The molecule has 3 aromatic rings. The first kappa shape index (κ1) is 22.9. The number of rotatable bonds is 6. The van der Waals surface area contributed by atoms with Crippen molar-refractivity contribution in [3.8, 4) is 5.69 Å². The van der Waals surface area contributed by atoms with Gasteiger partial charge < -0.3 is 15.1 Å². The van der Waals surface area contributed by atoms with Crippen LogP contribution in [0, 0.1) is 5.92 Å². The average Bonchev–Trinajstić information content (AvgIpc) is 2.83. The number of nitrogens with zero attached hydrogens (tertiary/aromatic N) is 4. The number of halogens is 1. The molecule has 0 bridgehead atoms. The minimum absolute atomic E-state index is 0.0267. The number of benzene rings is 2. The highest BCUT2D eigenvalue weighted by molar-refractivity contribution is 6.30. The number of carbonyl (C=O) groups excluding carboxylic acids is 1. The number of anilines is 2. The van der Waals surface area contributed by atoms with Gasteiger partial charge in [0.1, 0.15) is 5.82 Å². The third kappa shape index (κ3) is 5.54. The highest BCUT2D eigenvalue weighted by Gasteiger charge is 2.26. The van der Waals surface area contributed by atoms with E-state index in [4.69, 9.17) is 11.6 Å². The lowest BCUT2D eigenvalue weighted by atomic mass is 9.96. The molecule has 2 heterocycles. The summed E-state index contributed by atoms with van der Waals surface area (Å²) in [5.41, 5.74) is 2.63. The predicted molar refractivity (Wildman–Crippen MR) is 132 cm³/mol. The number of hydrogen-bond donors (Lipinski definition) is 1. The standard InChI is InChI=1S/C25H28ClN5O2/c1-29(2)21-8-6-18(7-9-21)17-27-25(33)19-12-14-30(15-13-19)23-10-11-24(32)31(28-23)22-5-3-4-20(26)16-22/h3-11,16,19H,12-15,17H2,1-2H3,(H,27,33). The topological polar surface area (TPSA) is 70.5 Å². The van der Waals surface area contributed by atoms with E-state index < -0.39 is 0 Å². The molecule has 7 nitrogen and oxygen atoms in total. The molecule has 1 amide bonds. The minimum atomic E-state index is -0.214. The lowest BCUT2D eigenvalue weighted by molar-refractivity contribution is -0.125. The van der Waals surface area contributed by atoms with Crippen LogP contribution in [0.2, 0.25) is 5.02 Å². The molecule has 0 unspecified atom stereocenters. The fourth-order valence-electron chi connectivity index (χ4n) is 3.98. The Morgan fingerprint density at radius 3 is 2.48 bits per heavy atom. The van der Waals surface area contributed by atoms with Gasteiger partial charge in [-0.25, -0.2) is 0 Å². The molecular weight excluding hydrogens is 438 g/mol. The minimum Gasteiger partial charge on any atom is -0.378 e. The molecule has 8 heteroatoms. The van der Waals surface area contributed by atoms with Gasteiger partial charge in [0.2, 0.25) is 5.91 Å². The molecule has 4 rings (SSSR count). The van der Waals surface area contributed by atoms with Crippen molar-refractivity contribution < 1.29 is 4.79 Å². The van der Waals surface area contributed by atoms with Crippen LogP contribution in [0.5, 0.6) is 0 Å². The van der Waals surface area contributed by atoms with E-state index in [0.717, 1.165) is 29.9 Å². The van der Waals surface area contributed by atoms with Gasteiger partial charge in [0.15, 0.2) is 0 Å². The van der Waals surface area contributed by atoms with Crippen molar-refractivity contribution >= 4 is 29.0 Å². The third-order valence-corrected chi connectivity index (χ3v) is 6.18. The molecule has 0 aliphatic carbocycles. The molecule has 1 fully saturated rings. The van der Waals surface area contributed by atoms with E-state index in [1.165, 1.54) is 10.7 Å². The van der Waals surface area contributed by atoms with Crippen LogP contribution in [0.3, 0.4) is 0 Å². The molecule has 0 saturated carbocycles. The lowest BCUT2D eigenvalue weighted by Gasteiger charge is -2.32. The van der Waals surface area contributed by atoms with Gasteiger partial charge in [0.05, 0.1) is 5.69 Å². The Bertz CT molecular complexity index is 1170. The molecule has 1 aliphatic heterocycles. The molecule has 33 heavy (non-hydrogen) atoms. The number of amides is 1. The van der Waals surface area contributed by atoms with Crippen molar-refractivity contribution in [2.75, 3.05) is 37.0 Å². The SMILES string of the molecule is CN(C)c1ccc(CNC(=O)C2CCN(c3ccc(=O)n(-c4cccc(Cl)c4)n3)CC2)cc1. The van der Waals surface area contributed by atoms with Gasteiger partial charge in [-0.1, -0.05) is 29.8 Å². The van der Waals surface area contributed by atoms with Gasteiger partial charge >= 0.3 is 0 Å². The maximum absolute atomic E-state index is 12.7. The maximum atomic E-state index is 12.7.